The Balaban J connectivity index is 2.09. The van der Waals surface area contributed by atoms with Crippen LogP contribution in [-0.2, 0) is 11.2 Å². The Morgan fingerprint density at radius 3 is 2.32 bits per heavy atom. The number of halogens is 1. The van der Waals surface area contributed by atoms with Crippen molar-refractivity contribution in [1.29, 1.82) is 0 Å². The van der Waals surface area contributed by atoms with Crippen LogP contribution in [0.15, 0.2) is 54.6 Å². The van der Waals surface area contributed by atoms with Gasteiger partial charge < -0.3 is 4.90 Å². The van der Waals surface area contributed by atoms with Gasteiger partial charge in [-0.3, -0.25) is 9.59 Å². The Morgan fingerprint density at radius 1 is 1.00 bits per heavy atom. The lowest BCUT2D eigenvalue weighted by Gasteiger charge is -2.36. The molecule has 112 valence electrons. The van der Waals surface area contributed by atoms with E-state index < -0.39 is 17.4 Å². The highest BCUT2D eigenvalue weighted by Crippen LogP contribution is 2.36. The zero-order chi connectivity index (χ0) is 15.7. The first-order valence-corrected chi connectivity index (χ1v) is 7.26. The summed E-state index contributed by atoms with van der Waals surface area (Å²) in [6, 6.07) is 15.5. The summed E-state index contributed by atoms with van der Waals surface area (Å²) >= 11 is 0. The number of amides is 1. The van der Waals surface area contributed by atoms with Gasteiger partial charge in [-0.15, -0.1) is 0 Å². The summed E-state index contributed by atoms with van der Waals surface area (Å²) in [5.41, 5.74) is -1.16. The number of rotatable bonds is 3. The lowest BCUT2D eigenvalue weighted by Crippen LogP contribution is -2.56. The average Bonchev–Trinajstić information content (AvgIpc) is 2.55. The smallest absolute Gasteiger partial charge is 0.273 e. The molecule has 1 atom stereocenters. The third-order valence-electron chi connectivity index (χ3n) is 3.99. The number of carbonyl (C=O) groups excluding carboxylic acids is 2. The monoisotopic (exact) mass is 297 g/mol. The number of ketones is 1. The number of anilines is 1. The molecular weight excluding hydrogens is 281 g/mol. The Kier molecular flexibility index (Phi) is 3.53. The van der Waals surface area contributed by atoms with E-state index in [1.54, 1.807) is 55.5 Å². The molecule has 0 aliphatic carbocycles. The van der Waals surface area contributed by atoms with Crippen LogP contribution in [0.5, 0.6) is 0 Å². The van der Waals surface area contributed by atoms with E-state index >= 15 is 4.39 Å². The maximum atomic E-state index is 15.4. The number of Topliss-reactive ketones (excluding diaryl/α,β-unsaturated/α-hetero) is 1. The maximum Gasteiger partial charge on any atom is 0.273 e. The third-order valence-corrected chi connectivity index (χ3v) is 3.99. The first kappa shape index (κ1) is 14.4. The van der Waals surface area contributed by atoms with E-state index in [9.17, 15) is 9.59 Å². The van der Waals surface area contributed by atoms with Crippen LogP contribution in [0.25, 0.3) is 0 Å². The largest absolute Gasteiger partial charge is 0.309 e. The van der Waals surface area contributed by atoms with E-state index in [1.165, 1.54) is 4.90 Å². The molecule has 0 saturated heterocycles. The zero-order valence-corrected chi connectivity index (χ0v) is 12.3. The fraction of sp³-hybridized carbons (Fsp3) is 0.222. The summed E-state index contributed by atoms with van der Waals surface area (Å²) in [5, 5.41) is 0. The maximum absolute atomic E-state index is 15.4. The number of fused-ring (bicyclic) bond motifs is 1. The van der Waals surface area contributed by atoms with Crippen molar-refractivity contribution in [3.63, 3.8) is 0 Å². The minimum Gasteiger partial charge on any atom is -0.309 e. The van der Waals surface area contributed by atoms with Crippen LogP contribution < -0.4 is 4.90 Å². The quantitative estimate of drug-likeness (QED) is 0.816. The predicted octanol–water partition coefficient (Wildman–Crippen LogP) is 3.19. The van der Waals surface area contributed by atoms with Crippen LogP contribution in [0.3, 0.4) is 0 Å². The minimum atomic E-state index is -2.54. The highest BCUT2D eigenvalue weighted by Gasteiger charge is 2.53. The first-order valence-electron chi connectivity index (χ1n) is 7.26. The number of hydrogen-bond donors (Lipinski definition) is 0. The SMILES string of the molecule is CCN1C(=O)C(F)(Cc2ccccc2)C(=O)c2ccccc21. The molecular formula is C18H16FNO2. The molecule has 4 heteroatoms. The lowest BCUT2D eigenvalue weighted by molar-refractivity contribution is -0.127. The number of nitrogens with zero attached hydrogens (tertiary/aromatic N) is 1. The number of benzene rings is 2. The molecule has 3 rings (SSSR count). The normalized spacial score (nSPS) is 20.9. The van der Waals surface area contributed by atoms with E-state index in [0.717, 1.165) is 0 Å². The molecule has 0 bridgehead atoms. The molecule has 0 spiro atoms. The summed E-state index contributed by atoms with van der Waals surface area (Å²) in [7, 11) is 0. The standard InChI is InChI=1S/C18H16FNO2/c1-2-20-15-11-7-6-10-14(15)16(21)18(19,17(20)22)12-13-8-4-3-5-9-13/h3-11H,2,12H2,1H3. The van der Waals surface area contributed by atoms with Gasteiger partial charge in [-0.25, -0.2) is 4.39 Å². The van der Waals surface area contributed by atoms with Crippen LogP contribution in [0.1, 0.15) is 22.8 Å². The number of para-hydroxylation sites is 1. The summed E-state index contributed by atoms with van der Waals surface area (Å²) in [6.07, 6.45) is -0.240. The van der Waals surface area contributed by atoms with E-state index in [0.29, 0.717) is 17.8 Å². The molecule has 0 radical (unpaired) electrons. The van der Waals surface area contributed by atoms with Crippen LogP contribution >= 0.6 is 0 Å². The van der Waals surface area contributed by atoms with E-state index in [4.69, 9.17) is 0 Å². The number of alkyl halides is 1. The molecule has 22 heavy (non-hydrogen) atoms. The summed E-state index contributed by atoms with van der Waals surface area (Å²) in [4.78, 5) is 26.5. The minimum absolute atomic E-state index is 0.240. The van der Waals surface area contributed by atoms with E-state index in [-0.39, 0.29) is 12.0 Å². The molecule has 0 N–H and O–H groups in total. The van der Waals surface area contributed by atoms with Crippen molar-refractivity contribution in [3.05, 3.63) is 65.7 Å². The lowest BCUT2D eigenvalue weighted by atomic mass is 9.83. The predicted molar refractivity (Wildman–Crippen MR) is 82.8 cm³/mol. The van der Waals surface area contributed by atoms with Crippen molar-refractivity contribution in [2.75, 3.05) is 11.4 Å². The van der Waals surface area contributed by atoms with Crippen molar-refractivity contribution in [2.45, 2.75) is 19.0 Å². The Bertz CT molecular complexity index is 729. The Morgan fingerprint density at radius 2 is 1.64 bits per heavy atom. The van der Waals surface area contributed by atoms with Gasteiger partial charge in [0.05, 0.1) is 5.69 Å². The van der Waals surface area contributed by atoms with Gasteiger partial charge in [0.25, 0.3) is 11.6 Å². The van der Waals surface area contributed by atoms with Gasteiger partial charge in [-0.2, -0.15) is 0 Å². The van der Waals surface area contributed by atoms with Crippen molar-refractivity contribution in [3.8, 4) is 0 Å². The first-order chi connectivity index (χ1) is 10.6. The van der Waals surface area contributed by atoms with E-state index in [2.05, 4.69) is 0 Å². The van der Waals surface area contributed by atoms with Crippen molar-refractivity contribution in [1.82, 2.24) is 0 Å². The summed E-state index contributed by atoms with van der Waals surface area (Å²) in [6.45, 7) is 2.09. The zero-order valence-electron chi connectivity index (χ0n) is 12.3. The molecule has 1 aliphatic rings. The number of hydrogen-bond acceptors (Lipinski definition) is 2. The molecule has 2 aromatic carbocycles. The Labute approximate surface area is 128 Å². The Hall–Kier alpha value is -2.49. The van der Waals surface area contributed by atoms with Crippen molar-refractivity contribution >= 4 is 17.4 Å². The van der Waals surface area contributed by atoms with Gasteiger partial charge in [0.1, 0.15) is 0 Å². The second kappa shape index (κ2) is 5.37. The third kappa shape index (κ3) is 2.11. The second-order valence-corrected chi connectivity index (χ2v) is 5.36. The molecule has 1 amide bonds. The van der Waals surface area contributed by atoms with Crippen LogP contribution in [0, 0.1) is 0 Å². The fourth-order valence-corrected chi connectivity index (χ4v) is 2.88. The fourth-order valence-electron chi connectivity index (χ4n) is 2.88. The molecule has 0 fully saturated rings. The molecule has 1 heterocycles. The van der Waals surface area contributed by atoms with Gasteiger partial charge in [0, 0.05) is 18.5 Å². The van der Waals surface area contributed by atoms with Gasteiger partial charge >= 0.3 is 0 Å². The molecule has 0 saturated carbocycles. The number of carbonyl (C=O) groups is 2. The van der Waals surface area contributed by atoms with Crippen LogP contribution in [0.2, 0.25) is 0 Å². The van der Waals surface area contributed by atoms with Gasteiger partial charge in [-0.1, -0.05) is 42.5 Å². The van der Waals surface area contributed by atoms with Crippen molar-refractivity contribution < 1.29 is 14.0 Å². The molecule has 2 aromatic rings. The average molecular weight is 297 g/mol. The highest BCUT2D eigenvalue weighted by molar-refractivity contribution is 6.27. The molecule has 0 aromatic heterocycles. The summed E-state index contributed by atoms with van der Waals surface area (Å²) < 4.78 is 15.4. The topological polar surface area (TPSA) is 37.4 Å². The van der Waals surface area contributed by atoms with Crippen molar-refractivity contribution in [2.24, 2.45) is 0 Å². The highest BCUT2D eigenvalue weighted by atomic mass is 19.1. The second-order valence-electron chi connectivity index (χ2n) is 5.36. The molecule has 1 unspecified atom stereocenters. The molecule has 3 nitrogen and oxygen atoms in total. The van der Waals surface area contributed by atoms with Gasteiger partial charge in [0.2, 0.25) is 5.78 Å². The molecule has 1 aliphatic heterocycles. The van der Waals surface area contributed by atoms with Crippen LogP contribution in [0.4, 0.5) is 10.1 Å². The van der Waals surface area contributed by atoms with E-state index in [1.807, 2.05) is 6.07 Å². The van der Waals surface area contributed by atoms with Crippen LogP contribution in [-0.4, -0.2) is 23.9 Å². The van der Waals surface area contributed by atoms with Gasteiger partial charge in [0.15, 0.2) is 0 Å². The summed E-state index contributed by atoms with van der Waals surface area (Å²) in [5.74, 6) is -1.52. The van der Waals surface area contributed by atoms with Gasteiger partial charge in [-0.05, 0) is 24.6 Å².